The number of aliphatic hydroxyl groups is 2. The normalized spacial score (nSPS) is 20.2. The zero-order valence-corrected chi connectivity index (χ0v) is 34.2. The Bertz CT molecular complexity index is 2190. The molecule has 58 heavy (non-hydrogen) atoms. The van der Waals surface area contributed by atoms with E-state index in [2.05, 4.69) is 15.6 Å². The summed E-state index contributed by atoms with van der Waals surface area (Å²) in [6.45, 7) is 3.11. The molecule has 3 aromatic heterocycles. The van der Waals surface area contributed by atoms with Crippen molar-refractivity contribution in [3.63, 3.8) is 0 Å². The van der Waals surface area contributed by atoms with Gasteiger partial charge in [0, 0.05) is 76.2 Å². The smallest absolute Gasteiger partial charge is 0.405 e. The van der Waals surface area contributed by atoms with Crippen LogP contribution in [-0.2, 0) is 21.5 Å². The molecule has 7 rings (SSSR count). The lowest BCUT2D eigenvalue weighted by Crippen LogP contribution is -2.63. The molecule has 5 atom stereocenters. The van der Waals surface area contributed by atoms with E-state index in [4.69, 9.17) is 21.3 Å². The molecule has 5 heterocycles. The third kappa shape index (κ3) is 9.82. The van der Waals surface area contributed by atoms with Gasteiger partial charge in [-0.3, -0.25) is 24.4 Å². The number of aliphatic hydroxyl groups excluding tert-OH is 2. The van der Waals surface area contributed by atoms with Crippen LogP contribution in [0.1, 0.15) is 41.8 Å². The number of para-hydroxylation sites is 1. The van der Waals surface area contributed by atoms with Crippen molar-refractivity contribution in [2.24, 2.45) is 5.92 Å². The zero-order valence-electron chi connectivity index (χ0n) is 31.8. The van der Waals surface area contributed by atoms with Crippen LogP contribution in [0.3, 0.4) is 0 Å². The van der Waals surface area contributed by atoms with Crippen LogP contribution >= 0.6 is 34.3 Å². The van der Waals surface area contributed by atoms with Crippen LogP contribution in [0.4, 0.5) is 13.2 Å². The summed E-state index contributed by atoms with van der Waals surface area (Å²) in [7, 11) is 0. The first-order chi connectivity index (χ1) is 27.6. The number of nitrogens with zero attached hydrogens (tertiary/aromatic N) is 4. The van der Waals surface area contributed by atoms with Crippen molar-refractivity contribution >= 4 is 56.2 Å². The molecule has 0 unspecified atom stereocenters. The Morgan fingerprint density at radius 3 is 2.60 bits per heavy atom. The highest BCUT2D eigenvalue weighted by atomic mass is 35.5. The molecule has 2 aromatic carbocycles. The molecule has 308 valence electrons. The highest BCUT2D eigenvalue weighted by Crippen LogP contribution is 2.38. The number of thiazole rings is 1. The quantitative estimate of drug-likeness (QED) is 0.109. The van der Waals surface area contributed by atoms with Crippen LogP contribution in [0.5, 0.6) is 5.75 Å². The Morgan fingerprint density at radius 1 is 1.07 bits per heavy atom. The number of carbonyl (C=O) groups is 2. The van der Waals surface area contributed by atoms with E-state index in [1.807, 2.05) is 43.0 Å². The number of ether oxygens (including phenoxy) is 1. The predicted octanol–water partition coefficient (Wildman–Crippen LogP) is 6.19. The fraction of sp³-hybridized carbons (Fsp3) is 0.415. The average Bonchev–Trinajstić information content (AvgIpc) is 3.86. The summed E-state index contributed by atoms with van der Waals surface area (Å²) in [4.78, 5) is 42.2. The van der Waals surface area contributed by atoms with Crippen molar-refractivity contribution in [1.82, 2.24) is 30.4 Å². The van der Waals surface area contributed by atoms with Gasteiger partial charge in [0.25, 0.3) is 0 Å². The summed E-state index contributed by atoms with van der Waals surface area (Å²) in [6, 6.07) is 16.6. The number of amides is 2. The van der Waals surface area contributed by atoms with E-state index in [-0.39, 0.29) is 45.0 Å². The molecule has 1 saturated heterocycles. The second-order valence-electron chi connectivity index (χ2n) is 15.2. The fourth-order valence-electron chi connectivity index (χ4n) is 7.57. The van der Waals surface area contributed by atoms with Crippen LogP contribution < -0.4 is 15.4 Å². The highest BCUT2D eigenvalue weighted by Gasteiger charge is 2.42. The van der Waals surface area contributed by atoms with E-state index in [9.17, 15) is 33.0 Å². The van der Waals surface area contributed by atoms with Crippen molar-refractivity contribution < 1.29 is 37.7 Å². The minimum Gasteiger partial charge on any atom is -0.490 e. The summed E-state index contributed by atoms with van der Waals surface area (Å²) in [5.74, 6) is -1.41. The molecule has 11 nitrogen and oxygen atoms in total. The molecule has 5 aromatic rings. The van der Waals surface area contributed by atoms with E-state index >= 15 is 0 Å². The molecule has 17 heteroatoms. The van der Waals surface area contributed by atoms with Gasteiger partial charge in [-0.25, -0.2) is 4.98 Å². The zero-order chi connectivity index (χ0) is 41.2. The van der Waals surface area contributed by atoms with E-state index in [0.717, 1.165) is 30.4 Å². The van der Waals surface area contributed by atoms with Gasteiger partial charge in [0.1, 0.15) is 36.1 Å². The number of thiophene rings is 1. The lowest BCUT2D eigenvalue weighted by atomic mass is 9.92. The number of hydrogen-bond acceptors (Lipinski definition) is 11. The molecule has 1 fully saturated rings. The molecule has 0 aliphatic carbocycles. The molecule has 0 bridgehead atoms. The minimum absolute atomic E-state index is 0.00873. The monoisotopic (exact) mass is 856 g/mol. The third-order valence-electron chi connectivity index (χ3n) is 10.7. The molecular formula is C41H44ClF3N6O5S2. The maximum atomic E-state index is 14.2. The van der Waals surface area contributed by atoms with E-state index in [1.54, 1.807) is 59.9 Å². The molecule has 0 spiro atoms. The van der Waals surface area contributed by atoms with Crippen molar-refractivity contribution in [2.75, 3.05) is 39.3 Å². The molecule has 2 amide bonds. The summed E-state index contributed by atoms with van der Waals surface area (Å²) in [5, 5.41) is 30.0. The number of hydrogen-bond donors (Lipinski definition) is 4. The number of alkyl halides is 3. The van der Waals surface area contributed by atoms with Gasteiger partial charge in [0.15, 0.2) is 0 Å². The summed E-state index contributed by atoms with van der Waals surface area (Å²) in [6.07, 6.45) is -1.31. The minimum atomic E-state index is -4.62. The number of benzene rings is 2. The van der Waals surface area contributed by atoms with E-state index < -0.39 is 54.4 Å². The average molecular weight is 857 g/mol. The maximum Gasteiger partial charge on any atom is 0.405 e. The number of nitrogens with one attached hydrogen (secondary N) is 2. The molecule has 0 saturated carbocycles. The van der Waals surface area contributed by atoms with Gasteiger partial charge in [-0.15, -0.1) is 22.7 Å². The van der Waals surface area contributed by atoms with Crippen LogP contribution in [-0.4, -0.2) is 106 Å². The number of pyridine rings is 1. The first-order valence-corrected chi connectivity index (χ1v) is 20.9. The Labute approximate surface area is 346 Å². The van der Waals surface area contributed by atoms with Crippen molar-refractivity contribution in [3.05, 3.63) is 99.7 Å². The number of rotatable bonds is 13. The number of aromatic nitrogens is 2. The Hall–Kier alpha value is -4.16. The number of piperazine rings is 1. The lowest BCUT2D eigenvalue weighted by Gasteiger charge is -2.47. The first kappa shape index (κ1) is 42.0. The third-order valence-corrected chi connectivity index (χ3v) is 13.5. The Balaban J connectivity index is 1.09. The molecule has 2 aliphatic rings. The Morgan fingerprint density at radius 2 is 1.84 bits per heavy atom. The summed E-state index contributed by atoms with van der Waals surface area (Å²) < 4.78 is 46.6. The topological polar surface area (TPSA) is 140 Å². The standard InChI is InChI=1S/C41H44ClF3N6O5S2/c1-40(2,39-47-19-35(58-39)24-7-9-27(42)10-8-24)51-14-13-50(31(21-51)38(55)48-23-41(43,44)45)20-28(52)15-25(16-29-17-26-18-46-12-11-34(26)57-29)37(54)49-36-30-5-3-4-6-33(30)56-22-32(36)53/h3-12,17-19,25,28,31-32,36,52-53H,13-16,20-23H2,1-2H3,(H,48,55)(H,49,54)/t25-,28-,31-,32+,36-/m0/s1. The molecule has 2 aliphatic heterocycles. The maximum absolute atomic E-state index is 14.2. The van der Waals surface area contributed by atoms with Gasteiger partial charge in [-0.05, 0) is 62.6 Å². The summed E-state index contributed by atoms with van der Waals surface area (Å²) in [5.41, 5.74) is 0.880. The lowest BCUT2D eigenvalue weighted by molar-refractivity contribution is -0.144. The fourth-order valence-corrected chi connectivity index (χ4v) is 9.86. The van der Waals surface area contributed by atoms with Crippen molar-refractivity contribution in [3.8, 4) is 16.2 Å². The molecular weight excluding hydrogens is 813 g/mol. The van der Waals surface area contributed by atoms with Crippen LogP contribution in [0.15, 0.2) is 79.3 Å². The molecule has 0 radical (unpaired) electrons. The number of β-amino-alcohol motifs (C(OH)–C–C–N with tert-alkyl or cyclic N) is 1. The van der Waals surface area contributed by atoms with Crippen LogP contribution in [0.2, 0.25) is 5.02 Å². The van der Waals surface area contributed by atoms with E-state index in [0.29, 0.717) is 22.9 Å². The van der Waals surface area contributed by atoms with Gasteiger partial charge in [0.05, 0.1) is 22.6 Å². The number of fused-ring (bicyclic) bond motifs is 2. The van der Waals surface area contributed by atoms with Crippen molar-refractivity contribution in [2.45, 2.75) is 62.7 Å². The largest absolute Gasteiger partial charge is 0.490 e. The second kappa shape index (κ2) is 17.6. The van der Waals surface area contributed by atoms with Crippen molar-refractivity contribution in [1.29, 1.82) is 0 Å². The predicted molar refractivity (Wildman–Crippen MR) is 218 cm³/mol. The summed E-state index contributed by atoms with van der Waals surface area (Å²) >= 11 is 9.08. The Kier molecular flexibility index (Phi) is 12.7. The van der Waals surface area contributed by atoms with Gasteiger partial charge in [0.2, 0.25) is 11.8 Å². The second-order valence-corrected chi connectivity index (χ2v) is 17.8. The van der Waals surface area contributed by atoms with E-state index in [1.165, 1.54) is 22.7 Å². The van der Waals surface area contributed by atoms with Crippen LogP contribution in [0, 0.1) is 5.92 Å². The van der Waals surface area contributed by atoms with Gasteiger partial charge in [-0.1, -0.05) is 41.9 Å². The van der Waals surface area contributed by atoms with Gasteiger partial charge < -0.3 is 25.6 Å². The number of halogens is 4. The SMILES string of the molecule is CC(C)(c1ncc(-c2ccc(Cl)cc2)s1)N1CCN(C[C@@H](O)C[C@@H](Cc2cc3cnccc3s2)C(=O)N[C@H]2c3ccccc3OC[C@H]2O)[C@H](C(=O)NCC(F)(F)F)C1. The van der Waals surface area contributed by atoms with Crippen LogP contribution in [0.25, 0.3) is 20.5 Å². The van der Waals surface area contributed by atoms with Gasteiger partial charge >= 0.3 is 6.18 Å². The van der Waals surface area contributed by atoms with Gasteiger partial charge in [-0.2, -0.15) is 13.2 Å². The highest BCUT2D eigenvalue weighted by molar-refractivity contribution is 7.19. The number of carbonyl (C=O) groups excluding carboxylic acids is 2. The first-order valence-electron chi connectivity index (χ1n) is 18.9. The molecule has 4 N–H and O–H groups in total.